The SMILES string of the molecule is CCCc1ccc(SC)c(Cl)c1. The average Bonchev–Trinajstić information content (AvgIpc) is 2.05. The largest absolute Gasteiger partial charge is 0.128 e. The molecule has 0 aromatic heterocycles. The van der Waals surface area contributed by atoms with Crippen molar-refractivity contribution in [3.8, 4) is 0 Å². The van der Waals surface area contributed by atoms with E-state index in [1.807, 2.05) is 6.26 Å². The van der Waals surface area contributed by atoms with Gasteiger partial charge in [-0.05, 0) is 30.4 Å². The first kappa shape index (κ1) is 9.94. The van der Waals surface area contributed by atoms with Crippen LogP contribution in [0, 0.1) is 0 Å². The maximum Gasteiger partial charge on any atom is 0.0544 e. The highest BCUT2D eigenvalue weighted by molar-refractivity contribution is 7.98. The lowest BCUT2D eigenvalue weighted by molar-refractivity contribution is 0.920. The molecule has 66 valence electrons. The molecule has 0 bridgehead atoms. The molecule has 12 heavy (non-hydrogen) atoms. The van der Waals surface area contributed by atoms with Gasteiger partial charge in [-0.1, -0.05) is 31.0 Å². The molecule has 0 unspecified atom stereocenters. The molecule has 0 spiro atoms. The molecule has 0 radical (unpaired) electrons. The minimum absolute atomic E-state index is 0.883. The first-order valence-electron chi connectivity index (χ1n) is 4.10. The van der Waals surface area contributed by atoms with Crippen molar-refractivity contribution in [3.05, 3.63) is 28.8 Å². The zero-order valence-electron chi connectivity index (χ0n) is 7.43. The average molecular weight is 201 g/mol. The fourth-order valence-electron chi connectivity index (χ4n) is 1.15. The highest BCUT2D eigenvalue weighted by atomic mass is 35.5. The molecule has 0 aliphatic heterocycles. The number of aryl methyl sites for hydroxylation is 1. The maximum absolute atomic E-state index is 6.04. The maximum atomic E-state index is 6.04. The molecular weight excluding hydrogens is 188 g/mol. The lowest BCUT2D eigenvalue weighted by Crippen LogP contribution is -1.83. The smallest absolute Gasteiger partial charge is 0.0544 e. The number of halogens is 1. The third kappa shape index (κ3) is 2.43. The minimum Gasteiger partial charge on any atom is -0.128 e. The van der Waals surface area contributed by atoms with Crippen LogP contribution in [0.1, 0.15) is 18.9 Å². The summed E-state index contributed by atoms with van der Waals surface area (Å²) in [6.45, 7) is 2.18. The van der Waals surface area contributed by atoms with Gasteiger partial charge in [0.15, 0.2) is 0 Å². The van der Waals surface area contributed by atoms with Crippen molar-refractivity contribution < 1.29 is 0 Å². The lowest BCUT2D eigenvalue weighted by atomic mass is 10.1. The second-order valence-corrected chi connectivity index (χ2v) is 3.97. The number of hydrogen-bond donors (Lipinski definition) is 0. The van der Waals surface area contributed by atoms with Crippen molar-refractivity contribution in [1.29, 1.82) is 0 Å². The summed E-state index contributed by atoms with van der Waals surface area (Å²) in [4.78, 5) is 1.16. The van der Waals surface area contributed by atoms with Gasteiger partial charge in [-0.2, -0.15) is 0 Å². The van der Waals surface area contributed by atoms with E-state index in [9.17, 15) is 0 Å². The van der Waals surface area contributed by atoms with Crippen LogP contribution in [0.2, 0.25) is 5.02 Å². The van der Waals surface area contributed by atoms with Crippen molar-refractivity contribution in [1.82, 2.24) is 0 Å². The van der Waals surface area contributed by atoms with E-state index in [0.29, 0.717) is 0 Å². The van der Waals surface area contributed by atoms with E-state index in [-0.39, 0.29) is 0 Å². The molecule has 0 heterocycles. The second kappa shape index (κ2) is 4.78. The summed E-state index contributed by atoms with van der Waals surface area (Å²) < 4.78 is 0. The molecule has 1 aromatic rings. The Morgan fingerprint density at radius 2 is 2.17 bits per heavy atom. The molecular formula is C10H13ClS. The summed E-state index contributed by atoms with van der Waals surface area (Å²) in [5, 5.41) is 0.883. The molecule has 0 saturated carbocycles. The van der Waals surface area contributed by atoms with Crippen molar-refractivity contribution in [2.75, 3.05) is 6.26 Å². The van der Waals surface area contributed by atoms with Crippen molar-refractivity contribution in [3.63, 3.8) is 0 Å². The van der Waals surface area contributed by atoms with Crippen LogP contribution in [0.4, 0.5) is 0 Å². The normalized spacial score (nSPS) is 10.2. The second-order valence-electron chi connectivity index (χ2n) is 2.72. The minimum atomic E-state index is 0.883. The molecule has 0 N–H and O–H groups in total. The molecule has 0 aliphatic carbocycles. The predicted octanol–water partition coefficient (Wildman–Crippen LogP) is 4.01. The van der Waals surface area contributed by atoms with Gasteiger partial charge >= 0.3 is 0 Å². The Morgan fingerprint density at radius 1 is 1.42 bits per heavy atom. The first-order chi connectivity index (χ1) is 5.77. The highest BCUT2D eigenvalue weighted by Crippen LogP contribution is 2.26. The molecule has 0 nitrogen and oxygen atoms in total. The van der Waals surface area contributed by atoms with E-state index in [2.05, 4.69) is 25.1 Å². The van der Waals surface area contributed by atoms with Crippen LogP contribution in [0.3, 0.4) is 0 Å². The van der Waals surface area contributed by atoms with E-state index in [0.717, 1.165) is 16.3 Å². The summed E-state index contributed by atoms with van der Waals surface area (Å²) in [5.74, 6) is 0. The summed E-state index contributed by atoms with van der Waals surface area (Å²) >= 11 is 7.73. The van der Waals surface area contributed by atoms with Gasteiger partial charge in [0.05, 0.1) is 5.02 Å². The fraction of sp³-hybridized carbons (Fsp3) is 0.400. The highest BCUT2D eigenvalue weighted by Gasteiger charge is 1.99. The summed E-state index contributed by atoms with van der Waals surface area (Å²) in [5.41, 5.74) is 1.33. The van der Waals surface area contributed by atoms with Crippen LogP contribution in [-0.4, -0.2) is 6.26 Å². The molecule has 2 heteroatoms. The number of rotatable bonds is 3. The fourth-order valence-corrected chi connectivity index (χ4v) is 2.05. The zero-order valence-corrected chi connectivity index (χ0v) is 9.00. The summed E-state index contributed by atoms with van der Waals surface area (Å²) in [6.07, 6.45) is 4.34. The Labute approximate surface area is 83.3 Å². The van der Waals surface area contributed by atoms with Gasteiger partial charge in [0.25, 0.3) is 0 Å². The van der Waals surface area contributed by atoms with Gasteiger partial charge in [-0.25, -0.2) is 0 Å². The predicted molar refractivity (Wildman–Crippen MR) is 57.2 cm³/mol. The van der Waals surface area contributed by atoms with E-state index >= 15 is 0 Å². The van der Waals surface area contributed by atoms with E-state index in [4.69, 9.17) is 11.6 Å². The Balaban J connectivity index is 2.86. The molecule has 1 aromatic carbocycles. The van der Waals surface area contributed by atoms with Crippen LogP contribution < -0.4 is 0 Å². The van der Waals surface area contributed by atoms with Gasteiger partial charge in [-0.3, -0.25) is 0 Å². The van der Waals surface area contributed by atoms with Crippen LogP contribution in [0.5, 0.6) is 0 Å². The Kier molecular flexibility index (Phi) is 3.96. The number of thioether (sulfide) groups is 1. The van der Waals surface area contributed by atoms with E-state index < -0.39 is 0 Å². The van der Waals surface area contributed by atoms with Crippen LogP contribution >= 0.6 is 23.4 Å². The third-order valence-electron chi connectivity index (χ3n) is 1.75. The monoisotopic (exact) mass is 200 g/mol. The number of benzene rings is 1. The number of hydrogen-bond acceptors (Lipinski definition) is 1. The summed E-state index contributed by atoms with van der Waals surface area (Å²) in [6, 6.07) is 6.32. The molecule has 0 atom stereocenters. The Hall–Kier alpha value is -0.140. The van der Waals surface area contributed by atoms with Crippen molar-refractivity contribution >= 4 is 23.4 Å². The van der Waals surface area contributed by atoms with E-state index in [1.54, 1.807) is 11.8 Å². The van der Waals surface area contributed by atoms with Gasteiger partial charge in [0.1, 0.15) is 0 Å². The zero-order chi connectivity index (χ0) is 8.97. The topological polar surface area (TPSA) is 0 Å². The van der Waals surface area contributed by atoms with Gasteiger partial charge in [0, 0.05) is 4.90 Å². The molecule has 0 fully saturated rings. The quantitative estimate of drug-likeness (QED) is 0.665. The van der Waals surface area contributed by atoms with Gasteiger partial charge in [0.2, 0.25) is 0 Å². The van der Waals surface area contributed by atoms with Gasteiger partial charge in [-0.15, -0.1) is 11.8 Å². The van der Waals surface area contributed by atoms with Crippen molar-refractivity contribution in [2.45, 2.75) is 24.7 Å². The Morgan fingerprint density at radius 3 is 2.67 bits per heavy atom. The summed E-state index contributed by atoms with van der Waals surface area (Å²) in [7, 11) is 0. The molecule has 0 saturated heterocycles. The molecule has 0 aliphatic rings. The van der Waals surface area contributed by atoms with Crippen LogP contribution in [-0.2, 0) is 6.42 Å². The Bertz CT molecular complexity index is 258. The molecule has 0 amide bonds. The molecule has 1 rings (SSSR count). The van der Waals surface area contributed by atoms with Gasteiger partial charge < -0.3 is 0 Å². The van der Waals surface area contributed by atoms with E-state index in [1.165, 1.54) is 12.0 Å². The van der Waals surface area contributed by atoms with Crippen LogP contribution in [0.15, 0.2) is 23.1 Å². The third-order valence-corrected chi connectivity index (χ3v) is 2.98. The van der Waals surface area contributed by atoms with Crippen molar-refractivity contribution in [2.24, 2.45) is 0 Å². The lowest BCUT2D eigenvalue weighted by Gasteiger charge is -2.03. The standard InChI is InChI=1S/C10H13ClS/c1-3-4-8-5-6-10(12-2)9(11)7-8/h5-7H,3-4H2,1-2H3. The first-order valence-corrected chi connectivity index (χ1v) is 5.70. The van der Waals surface area contributed by atoms with Crippen LogP contribution in [0.25, 0.3) is 0 Å².